The van der Waals surface area contributed by atoms with Crippen molar-refractivity contribution in [1.29, 1.82) is 0 Å². The van der Waals surface area contributed by atoms with Gasteiger partial charge in [0.1, 0.15) is 4.88 Å². The van der Waals surface area contributed by atoms with Gasteiger partial charge >= 0.3 is 12.1 Å². The smallest absolute Gasteiger partial charge is 0.435 e. The molecule has 8 nitrogen and oxygen atoms in total. The molecule has 196 valence electrons. The number of esters is 1. The van der Waals surface area contributed by atoms with E-state index in [0.29, 0.717) is 35.3 Å². The average Bonchev–Trinajstić information content (AvgIpc) is 3.30. The molecule has 1 aromatic heterocycles. The van der Waals surface area contributed by atoms with Gasteiger partial charge in [-0.2, -0.15) is 18.2 Å². The molecule has 1 fully saturated rings. The van der Waals surface area contributed by atoms with Crippen LogP contribution in [0.3, 0.4) is 0 Å². The molecule has 0 unspecified atom stereocenters. The van der Waals surface area contributed by atoms with E-state index in [9.17, 15) is 27.6 Å². The number of nitrogens with one attached hydrogen (secondary N) is 2. The number of rotatable bonds is 9. The zero-order valence-electron chi connectivity index (χ0n) is 19.9. The minimum absolute atomic E-state index is 0.116. The van der Waals surface area contributed by atoms with Crippen LogP contribution in [0.15, 0.2) is 24.3 Å². The number of halogens is 3. The number of methoxy groups -OCH3 is 2. The fourth-order valence-electron chi connectivity index (χ4n) is 4.18. The van der Waals surface area contributed by atoms with Gasteiger partial charge in [0.2, 0.25) is 5.91 Å². The molecule has 1 aliphatic rings. The van der Waals surface area contributed by atoms with Gasteiger partial charge in [-0.15, -0.1) is 0 Å². The van der Waals surface area contributed by atoms with Crippen molar-refractivity contribution >= 4 is 34.8 Å². The molecule has 1 aliphatic carbocycles. The summed E-state index contributed by atoms with van der Waals surface area (Å²) in [6, 6.07) is 7.51. The molecule has 3 rings (SSSR count). The van der Waals surface area contributed by atoms with E-state index in [2.05, 4.69) is 15.6 Å². The molecule has 2 aromatic rings. The zero-order chi connectivity index (χ0) is 26.3. The molecule has 0 saturated heterocycles. The fraction of sp³-hybridized carbons (Fsp3) is 0.500. The second-order valence-corrected chi connectivity index (χ2v) is 9.49. The van der Waals surface area contributed by atoms with Gasteiger partial charge in [0.25, 0.3) is 11.1 Å². The second kappa shape index (κ2) is 12.2. The summed E-state index contributed by atoms with van der Waals surface area (Å²) in [5.41, 5.74) is 0.432. The van der Waals surface area contributed by atoms with Crippen molar-refractivity contribution in [1.82, 2.24) is 10.3 Å². The molecule has 1 heterocycles. The van der Waals surface area contributed by atoms with E-state index < -0.39 is 22.7 Å². The lowest BCUT2D eigenvalue weighted by atomic mass is 9.77. The van der Waals surface area contributed by atoms with E-state index in [4.69, 9.17) is 9.47 Å². The lowest BCUT2D eigenvalue weighted by molar-refractivity contribution is -0.142. The van der Waals surface area contributed by atoms with E-state index in [1.165, 1.54) is 7.11 Å². The van der Waals surface area contributed by atoms with Gasteiger partial charge in [0.05, 0.1) is 14.2 Å². The Labute approximate surface area is 210 Å². The highest BCUT2D eigenvalue weighted by molar-refractivity contribution is 7.15. The molecule has 2 amide bonds. The van der Waals surface area contributed by atoms with Gasteiger partial charge in [-0.05, 0) is 55.2 Å². The van der Waals surface area contributed by atoms with Crippen LogP contribution in [0.2, 0.25) is 0 Å². The Bertz CT molecular complexity index is 1060. The Kier molecular flexibility index (Phi) is 9.30. The van der Waals surface area contributed by atoms with Crippen LogP contribution in [0, 0.1) is 5.92 Å². The number of carbonyl (C=O) groups excluding carboxylic acids is 3. The number of thiazole rings is 1. The van der Waals surface area contributed by atoms with E-state index in [-0.39, 0.29) is 30.0 Å². The topological polar surface area (TPSA) is 107 Å². The number of hydrogen-bond acceptors (Lipinski definition) is 7. The number of anilines is 1. The van der Waals surface area contributed by atoms with Gasteiger partial charge in [0.15, 0.2) is 5.69 Å². The number of alkyl halides is 3. The standard InChI is InChI=1S/C24H28F3N3O5S/c1-34-19(32)13-14-3-5-15(6-4-14)16-7-9-17(10-8-16)29-18(31)11-12-28-22(33)20-21(24(25,26)27)30-23(35-2)36-20/h7-10,14-15H,3-6,11-13H2,1-2H3,(H,28,33)(H,29,31)/t14-,15-. The summed E-state index contributed by atoms with van der Waals surface area (Å²) in [5.74, 6) is -0.782. The van der Waals surface area contributed by atoms with Gasteiger partial charge < -0.3 is 20.1 Å². The average molecular weight is 528 g/mol. The van der Waals surface area contributed by atoms with E-state index in [1.54, 1.807) is 12.1 Å². The second-order valence-electron chi connectivity index (χ2n) is 8.53. The highest BCUT2D eigenvalue weighted by Crippen LogP contribution is 2.38. The Morgan fingerprint density at radius 1 is 1.08 bits per heavy atom. The Hall–Kier alpha value is -3.15. The molecule has 0 bridgehead atoms. The van der Waals surface area contributed by atoms with Crippen LogP contribution in [0.1, 0.15) is 65.4 Å². The number of aromatic nitrogens is 1. The Morgan fingerprint density at radius 3 is 2.33 bits per heavy atom. The van der Waals surface area contributed by atoms with Crippen molar-refractivity contribution in [2.24, 2.45) is 5.92 Å². The van der Waals surface area contributed by atoms with Gasteiger partial charge in [-0.1, -0.05) is 23.5 Å². The molecule has 1 aromatic carbocycles. The predicted molar refractivity (Wildman–Crippen MR) is 127 cm³/mol. The predicted octanol–water partition coefficient (Wildman–Crippen LogP) is 4.77. The molecule has 0 radical (unpaired) electrons. The highest BCUT2D eigenvalue weighted by atomic mass is 32.1. The van der Waals surface area contributed by atoms with E-state index in [0.717, 1.165) is 38.4 Å². The van der Waals surface area contributed by atoms with Crippen molar-refractivity contribution in [2.45, 2.75) is 50.6 Å². The first-order chi connectivity index (χ1) is 17.1. The lowest BCUT2D eigenvalue weighted by Crippen LogP contribution is -2.28. The quantitative estimate of drug-likeness (QED) is 0.455. The monoisotopic (exact) mass is 527 g/mol. The largest absolute Gasteiger partial charge is 0.473 e. The summed E-state index contributed by atoms with van der Waals surface area (Å²) >= 11 is 0.486. The number of hydrogen-bond donors (Lipinski definition) is 2. The number of amides is 2. The number of benzene rings is 1. The number of carbonyl (C=O) groups is 3. The van der Waals surface area contributed by atoms with Crippen molar-refractivity contribution in [2.75, 3.05) is 26.1 Å². The summed E-state index contributed by atoms with van der Waals surface area (Å²) in [4.78, 5) is 38.6. The van der Waals surface area contributed by atoms with E-state index in [1.807, 2.05) is 12.1 Å². The first-order valence-corrected chi connectivity index (χ1v) is 12.3. The normalized spacial score (nSPS) is 17.8. The van der Waals surface area contributed by atoms with Crippen LogP contribution in [0.5, 0.6) is 5.19 Å². The van der Waals surface area contributed by atoms with Crippen LogP contribution in [0.25, 0.3) is 0 Å². The van der Waals surface area contributed by atoms with Crippen LogP contribution < -0.4 is 15.4 Å². The SMILES string of the molecule is COC(=O)C[C@H]1CC[C@H](c2ccc(NC(=O)CCNC(=O)c3sc(OC)nc3C(F)(F)F)cc2)CC1. The molecular formula is C24H28F3N3O5S. The van der Waals surface area contributed by atoms with Crippen LogP contribution in [0.4, 0.5) is 18.9 Å². The maximum absolute atomic E-state index is 13.1. The molecule has 36 heavy (non-hydrogen) atoms. The third-order valence-electron chi connectivity index (χ3n) is 6.09. The minimum Gasteiger partial charge on any atom is -0.473 e. The van der Waals surface area contributed by atoms with Gasteiger partial charge in [0, 0.05) is 25.1 Å². The molecule has 2 N–H and O–H groups in total. The van der Waals surface area contributed by atoms with Crippen molar-refractivity contribution in [3.05, 3.63) is 40.4 Å². The first-order valence-electron chi connectivity index (χ1n) is 11.5. The van der Waals surface area contributed by atoms with Crippen LogP contribution in [-0.4, -0.2) is 43.5 Å². The van der Waals surface area contributed by atoms with Gasteiger partial charge in [-0.3, -0.25) is 14.4 Å². The highest BCUT2D eigenvalue weighted by Gasteiger charge is 2.40. The van der Waals surface area contributed by atoms with Crippen molar-refractivity contribution in [3.8, 4) is 5.19 Å². The molecule has 1 saturated carbocycles. The van der Waals surface area contributed by atoms with Crippen molar-refractivity contribution < 1.29 is 37.0 Å². The van der Waals surface area contributed by atoms with Crippen molar-refractivity contribution in [3.63, 3.8) is 0 Å². The summed E-state index contributed by atoms with van der Waals surface area (Å²) < 4.78 is 48.8. The summed E-state index contributed by atoms with van der Waals surface area (Å²) in [6.07, 6.45) is -0.577. The lowest BCUT2D eigenvalue weighted by Gasteiger charge is -2.28. The van der Waals surface area contributed by atoms with Gasteiger partial charge in [-0.25, -0.2) is 0 Å². The molecule has 0 atom stereocenters. The molecule has 0 aliphatic heterocycles. The Morgan fingerprint density at radius 2 is 1.75 bits per heavy atom. The number of ether oxygens (including phenoxy) is 2. The molecule has 12 heteroatoms. The molecular weight excluding hydrogens is 499 g/mol. The summed E-state index contributed by atoms with van der Waals surface area (Å²) in [6.45, 7) is -0.144. The molecule has 0 spiro atoms. The zero-order valence-corrected chi connectivity index (χ0v) is 20.8. The minimum atomic E-state index is -4.80. The van der Waals surface area contributed by atoms with E-state index >= 15 is 0 Å². The summed E-state index contributed by atoms with van der Waals surface area (Å²) in [7, 11) is 2.56. The fourth-order valence-corrected chi connectivity index (χ4v) is 5.00. The van der Waals surface area contributed by atoms with Crippen LogP contribution >= 0.6 is 11.3 Å². The number of nitrogens with zero attached hydrogens (tertiary/aromatic N) is 1. The summed E-state index contributed by atoms with van der Waals surface area (Å²) in [5, 5.41) is 4.77. The third-order valence-corrected chi connectivity index (χ3v) is 7.11. The first kappa shape index (κ1) is 27.4. The maximum Gasteiger partial charge on any atom is 0.435 e. The third kappa shape index (κ3) is 7.42. The van der Waals surface area contributed by atoms with Crippen LogP contribution in [-0.2, 0) is 20.5 Å². The maximum atomic E-state index is 13.1. The Balaban J connectivity index is 1.45.